The molecule has 0 radical (unpaired) electrons. The second-order valence-electron chi connectivity index (χ2n) is 6.44. The maximum Gasteiger partial charge on any atom is 0.276 e. The molecule has 1 unspecified atom stereocenters. The number of hydrogen-bond acceptors (Lipinski definition) is 4. The zero-order chi connectivity index (χ0) is 15.9. The van der Waals surface area contributed by atoms with Gasteiger partial charge >= 0.3 is 0 Å². The van der Waals surface area contributed by atoms with Crippen molar-refractivity contribution < 1.29 is 14.0 Å². The standard InChI is InChI=1S/C16H23N3O3/c1-4-7-18-8-5-16(15(18)21)6-9-19(10-16)14(20)13-11(2)22-12(3)17-13/h4-10H2,1-3H3. The van der Waals surface area contributed by atoms with Gasteiger partial charge in [-0.1, -0.05) is 6.92 Å². The fourth-order valence-corrected chi connectivity index (χ4v) is 3.68. The summed E-state index contributed by atoms with van der Waals surface area (Å²) in [6, 6.07) is 0. The lowest BCUT2D eigenvalue weighted by Gasteiger charge is -2.23. The lowest BCUT2D eigenvalue weighted by atomic mass is 9.85. The van der Waals surface area contributed by atoms with E-state index < -0.39 is 0 Å². The summed E-state index contributed by atoms with van der Waals surface area (Å²) in [6.07, 6.45) is 2.59. The molecule has 22 heavy (non-hydrogen) atoms. The summed E-state index contributed by atoms with van der Waals surface area (Å²) in [5, 5.41) is 0. The van der Waals surface area contributed by atoms with Gasteiger partial charge in [-0.3, -0.25) is 9.59 Å². The van der Waals surface area contributed by atoms with Crippen LogP contribution in [0.1, 0.15) is 48.3 Å². The molecule has 0 N–H and O–H groups in total. The molecule has 1 aromatic rings. The van der Waals surface area contributed by atoms with Gasteiger partial charge < -0.3 is 14.2 Å². The van der Waals surface area contributed by atoms with E-state index in [1.807, 2.05) is 4.90 Å². The maximum atomic E-state index is 12.6. The number of oxazole rings is 1. The summed E-state index contributed by atoms with van der Waals surface area (Å²) >= 11 is 0. The molecular weight excluding hydrogens is 282 g/mol. The van der Waals surface area contributed by atoms with Crippen LogP contribution in [0.3, 0.4) is 0 Å². The molecule has 2 fully saturated rings. The predicted octanol–water partition coefficient (Wildman–Crippen LogP) is 1.77. The van der Waals surface area contributed by atoms with Crippen LogP contribution in [-0.2, 0) is 4.79 Å². The third kappa shape index (κ3) is 2.30. The minimum atomic E-state index is -0.364. The monoisotopic (exact) mass is 305 g/mol. The number of aryl methyl sites for hydroxylation is 2. The van der Waals surface area contributed by atoms with Crippen molar-refractivity contribution in [1.82, 2.24) is 14.8 Å². The Kier molecular flexibility index (Phi) is 3.70. The molecule has 6 heteroatoms. The van der Waals surface area contributed by atoms with Gasteiger partial charge in [-0.15, -0.1) is 0 Å². The Morgan fingerprint density at radius 2 is 2.05 bits per heavy atom. The quantitative estimate of drug-likeness (QED) is 0.853. The lowest BCUT2D eigenvalue weighted by Crippen LogP contribution is -2.38. The van der Waals surface area contributed by atoms with E-state index in [9.17, 15) is 9.59 Å². The lowest BCUT2D eigenvalue weighted by molar-refractivity contribution is -0.135. The minimum absolute atomic E-state index is 0.118. The number of carbonyl (C=O) groups is 2. The minimum Gasteiger partial charge on any atom is -0.445 e. The molecule has 2 aliphatic rings. The van der Waals surface area contributed by atoms with Crippen LogP contribution in [0.15, 0.2) is 4.42 Å². The third-order valence-electron chi connectivity index (χ3n) is 4.84. The number of amides is 2. The van der Waals surface area contributed by atoms with Crippen molar-refractivity contribution in [1.29, 1.82) is 0 Å². The molecule has 1 aromatic heterocycles. The molecular formula is C16H23N3O3. The highest BCUT2D eigenvalue weighted by Crippen LogP contribution is 2.41. The molecule has 2 aliphatic heterocycles. The number of rotatable bonds is 3. The zero-order valence-electron chi connectivity index (χ0n) is 13.5. The van der Waals surface area contributed by atoms with Crippen molar-refractivity contribution in [2.75, 3.05) is 26.2 Å². The number of carbonyl (C=O) groups excluding carboxylic acids is 2. The third-order valence-corrected chi connectivity index (χ3v) is 4.84. The summed E-state index contributed by atoms with van der Waals surface area (Å²) in [7, 11) is 0. The first-order valence-electron chi connectivity index (χ1n) is 7.99. The van der Waals surface area contributed by atoms with E-state index in [-0.39, 0.29) is 17.2 Å². The molecule has 0 saturated carbocycles. The van der Waals surface area contributed by atoms with Crippen molar-refractivity contribution in [2.45, 2.75) is 40.0 Å². The molecule has 3 rings (SSSR count). The average Bonchev–Trinajstić information content (AvgIpc) is 3.14. The number of nitrogens with zero attached hydrogens (tertiary/aromatic N) is 3. The molecule has 0 aromatic carbocycles. The Bertz CT molecular complexity index is 610. The highest BCUT2D eigenvalue weighted by molar-refractivity contribution is 5.95. The summed E-state index contributed by atoms with van der Waals surface area (Å²) in [5.74, 6) is 1.15. The first kappa shape index (κ1) is 15.1. The summed E-state index contributed by atoms with van der Waals surface area (Å²) in [5.41, 5.74) is 0.0164. The van der Waals surface area contributed by atoms with Crippen LogP contribution in [0.2, 0.25) is 0 Å². The van der Waals surface area contributed by atoms with Gasteiger partial charge in [-0.25, -0.2) is 4.98 Å². The Balaban J connectivity index is 1.74. The summed E-state index contributed by atoms with van der Waals surface area (Å²) in [4.78, 5) is 33.1. The highest BCUT2D eigenvalue weighted by atomic mass is 16.4. The highest BCUT2D eigenvalue weighted by Gasteiger charge is 2.51. The molecule has 2 saturated heterocycles. The van der Waals surface area contributed by atoms with Gasteiger partial charge in [0.2, 0.25) is 5.91 Å². The fraction of sp³-hybridized carbons (Fsp3) is 0.688. The first-order valence-corrected chi connectivity index (χ1v) is 7.99. The van der Waals surface area contributed by atoms with Crippen molar-refractivity contribution in [3.63, 3.8) is 0 Å². The Labute approximate surface area is 130 Å². The zero-order valence-corrected chi connectivity index (χ0v) is 13.5. The van der Waals surface area contributed by atoms with Gasteiger partial charge in [-0.05, 0) is 26.2 Å². The molecule has 1 atom stereocenters. The van der Waals surface area contributed by atoms with Crippen LogP contribution in [0.5, 0.6) is 0 Å². The van der Waals surface area contributed by atoms with E-state index >= 15 is 0 Å². The molecule has 0 aliphatic carbocycles. The smallest absolute Gasteiger partial charge is 0.276 e. The predicted molar refractivity (Wildman–Crippen MR) is 80.4 cm³/mol. The van der Waals surface area contributed by atoms with Gasteiger partial charge in [0.25, 0.3) is 5.91 Å². The van der Waals surface area contributed by atoms with E-state index in [0.29, 0.717) is 30.4 Å². The molecule has 2 amide bonds. The SMILES string of the molecule is CCCN1CCC2(CCN(C(=O)c3nc(C)oc3C)C2)C1=O. The Morgan fingerprint density at radius 3 is 2.68 bits per heavy atom. The Morgan fingerprint density at radius 1 is 1.32 bits per heavy atom. The van der Waals surface area contributed by atoms with Crippen LogP contribution < -0.4 is 0 Å². The van der Waals surface area contributed by atoms with Crippen LogP contribution in [0.4, 0.5) is 0 Å². The average molecular weight is 305 g/mol. The van der Waals surface area contributed by atoms with Gasteiger partial charge in [0.1, 0.15) is 5.76 Å². The normalized spacial score (nSPS) is 24.8. The first-order chi connectivity index (χ1) is 10.5. The van der Waals surface area contributed by atoms with Gasteiger partial charge in [0.15, 0.2) is 11.6 Å². The number of aromatic nitrogens is 1. The largest absolute Gasteiger partial charge is 0.445 e. The van der Waals surface area contributed by atoms with E-state index in [1.165, 1.54) is 0 Å². The van der Waals surface area contributed by atoms with Crippen molar-refractivity contribution in [2.24, 2.45) is 5.41 Å². The molecule has 3 heterocycles. The van der Waals surface area contributed by atoms with Gasteiger partial charge in [-0.2, -0.15) is 0 Å². The summed E-state index contributed by atoms with van der Waals surface area (Å²) < 4.78 is 5.35. The van der Waals surface area contributed by atoms with Gasteiger partial charge in [0, 0.05) is 33.1 Å². The van der Waals surface area contributed by atoms with Crippen molar-refractivity contribution in [3.8, 4) is 0 Å². The second-order valence-corrected chi connectivity index (χ2v) is 6.44. The molecule has 6 nitrogen and oxygen atoms in total. The van der Waals surface area contributed by atoms with E-state index in [2.05, 4.69) is 11.9 Å². The van der Waals surface area contributed by atoms with Crippen LogP contribution >= 0.6 is 0 Å². The van der Waals surface area contributed by atoms with Crippen LogP contribution in [0.25, 0.3) is 0 Å². The van der Waals surface area contributed by atoms with E-state index in [1.54, 1.807) is 18.7 Å². The van der Waals surface area contributed by atoms with Crippen molar-refractivity contribution >= 4 is 11.8 Å². The van der Waals surface area contributed by atoms with E-state index in [4.69, 9.17) is 4.42 Å². The van der Waals surface area contributed by atoms with Crippen LogP contribution in [0, 0.1) is 19.3 Å². The topological polar surface area (TPSA) is 66.7 Å². The maximum absolute atomic E-state index is 12.6. The molecule has 120 valence electrons. The van der Waals surface area contributed by atoms with E-state index in [0.717, 1.165) is 32.4 Å². The number of hydrogen-bond donors (Lipinski definition) is 0. The number of likely N-dealkylation sites (tertiary alicyclic amines) is 2. The molecule has 1 spiro atoms. The molecule has 0 bridgehead atoms. The Hall–Kier alpha value is -1.85. The fourth-order valence-electron chi connectivity index (χ4n) is 3.68. The van der Waals surface area contributed by atoms with Gasteiger partial charge in [0.05, 0.1) is 5.41 Å². The van der Waals surface area contributed by atoms with Crippen LogP contribution in [-0.4, -0.2) is 52.8 Å². The summed E-state index contributed by atoms with van der Waals surface area (Å²) in [6.45, 7) is 8.33. The second kappa shape index (κ2) is 5.41. The van der Waals surface area contributed by atoms with Crippen molar-refractivity contribution in [3.05, 3.63) is 17.3 Å².